The molecule has 0 aliphatic carbocycles. The first-order valence-electron chi connectivity index (χ1n) is 10.6. The van der Waals surface area contributed by atoms with Crippen molar-refractivity contribution in [3.63, 3.8) is 0 Å². The second kappa shape index (κ2) is 9.65. The molecule has 0 bridgehead atoms. The maximum absolute atomic E-state index is 13.2. The summed E-state index contributed by atoms with van der Waals surface area (Å²) in [5.41, 5.74) is 0.677. The first kappa shape index (κ1) is 24.6. The summed E-state index contributed by atoms with van der Waals surface area (Å²) in [6.07, 6.45) is -4.88. The molecule has 0 spiro atoms. The number of anilines is 1. The minimum atomic E-state index is -4.88. The third kappa shape index (κ3) is 4.70. The van der Waals surface area contributed by atoms with Gasteiger partial charge in [0.2, 0.25) is 0 Å². The van der Waals surface area contributed by atoms with E-state index < -0.39 is 35.6 Å². The fourth-order valence-corrected chi connectivity index (χ4v) is 4.00. The van der Waals surface area contributed by atoms with Gasteiger partial charge in [0.25, 0.3) is 11.7 Å². The highest BCUT2D eigenvalue weighted by atomic mass is 19.4. The lowest BCUT2D eigenvalue weighted by Gasteiger charge is -2.25. The number of halogens is 3. The van der Waals surface area contributed by atoms with E-state index in [1.807, 2.05) is 0 Å². The van der Waals surface area contributed by atoms with Gasteiger partial charge in [-0.25, -0.2) is 0 Å². The molecule has 1 aliphatic heterocycles. The molecule has 1 saturated heterocycles. The Morgan fingerprint density at radius 3 is 2.11 bits per heavy atom. The average Bonchev–Trinajstić information content (AvgIpc) is 3.13. The highest BCUT2D eigenvalue weighted by Gasteiger charge is 2.47. The first-order valence-corrected chi connectivity index (χ1v) is 10.6. The van der Waals surface area contributed by atoms with Crippen molar-refractivity contribution in [2.45, 2.75) is 12.4 Å². The van der Waals surface area contributed by atoms with Crippen molar-refractivity contribution in [3.8, 4) is 17.2 Å². The number of nitrogens with zero attached hydrogens (tertiary/aromatic N) is 1. The Hall–Kier alpha value is -4.47. The number of Topliss-reactive ketones (excluding diaryl/α,β-unsaturated/α-hetero) is 1. The number of ketones is 1. The minimum Gasteiger partial charge on any atom is -0.507 e. The van der Waals surface area contributed by atoms with Gasteiger partial charge in [0, 0.05) is 11.3 Å². The van der Waals surface area contributed by atoms with Crippen LogP contribution < -0.4 is 19.1 Å². The number of hydrogen-bond acceptors (Lipinski definition) is 6. The standard InChI is InChI=1S/C26H20F3NO6/c1-34-19-13-8-16(14-20(19)35-2)23(31)21-22(15-6-4-3-5-7-15)30(25(33)24(21)32)17-9-11-18(12-10-17)36-26(27,28)29/h3-14,22,31H,1-2H3/b23-21-. The van der Waals surface area contributed by atoms with Crippen LogP contribution in [0, 0.1) is 0 Å². The van der Waals surface area contributed by atoms with E-state index in [1.54, 1.807) is 36.4 Å². The molecule has 1 aliphatic rings. The molecule has 0 saturated carbocycles. The number of methoxy groups -OCH3 is 2. The Balaban J connectivity index is 1.85. The smallest absolute Gasteiger partial charge is 0.507 e. The number of carbonyl (C=O) groups is 2. The second-order valence-electron chi connectivity index (χ2n) is 7.69. The Morgan fingerprint density at radius 2 is 1.53 bits per heavy atom. The molecule has 1 N–H and O–H groups in total. The number of hydrogen-bond donors (Lipinski definition) is 1. The van der Waals surface area contributed by atoms with Gasteiger partial charge < -0.3 is 19.3 Å². The number of aliphatic hydroxyl groups is 1. The van der Waals surface area contributed by atoms with Gasteiger partial charge in [0.1, 0.15) is 11.5 Å². The van der Waals surface area contributed by atoms with Gasteiger partial charge in [-0.15, -0.1) is 13.2 Å². The molecule has 1 atom stereocenters. The second-order valence-corrected chi connectivity index (χ2v) is 7.69. The van der Waals surface area contributed by atoms with Crippen LogP contribution in [0.1, 0.15) is 17.2 Å². The van der Waals surface area contributed by atoms with Crippen molar-refractivity contribution < 1.29 is 42.1 Å². The number of amides is 1. The molecule has 1 unspecified atom stereocenters. The Bertz CT molecular complexity index is 1320. The van der Waals surface area contributed by atoms with Gasteiger partial charge in [0.05, 0.1) is 25.8 Å². The summed E-state index contributed by atoms with van der Waals surface area (Å²) in [7, 11) is 2.86. The van der Waals surface area contributed by atoms with Crippen LogP contribution in [0.2, 0.25) is 0 Å². The third-order valence-electron chi connectivity index (χ3n) is 5.57. The molecule has 7 nitrogen and oxygen atoms in total. The van der Waals surface area contributed by atoms with Crippen LogP contribution in [0.25, 0.3) is 5.76 Å². The van der Waals surface area contributed by atoms with E-state index in [4.69, 9.17) is 9.47 Å². The molecule has 3 aromatic carbocycles. The summed E-state index contributed by atoms with van der Waals surface area (Å²) in [6, 6.07) is 16.5. The van der Waals surface area contributed by atoms with E-state index in [0.717, 1.165) is 17.0 Å². The summed E-state index contributed by atoms with van der Waals surface area (Å²) in [4.78, 5) is 27.5. The van der Waals surface area contributed by atoms with E-state index in [9.17, 15) is 27.9 Å². The number of aliphatic hydroxyl groups excluding tert-OH is 1. The zero-order valence-electron chi connectivity index (χ0n) is 19.1. The van der Waals surface area contributed by atoms with Crippen LogP contribution in [0.3, 0.4) is 0 Å². The zero-order valence-corrected chi connectivity index (χ0v) is 19.1. The fraction of sp³-hybridized carbons (Fsp3) is 0.154. The number of benzene rings is 3. The molecule has 36 heavy (non-hydrogen) atoms. The molecular weight excluding hydrogens is 479 g/mol. The molecular formula is C26H20F3NO6. The fourth-order valence-electron chi connectivity index (χ4n) is 4.00. The van der Waals surface area contributed by atoms with Crippen LogP contribution in [-0.2, 0) is 9.59 Å². The topological polar surface area (TPSA) is 85.3 Å². The largest absolute Gasteiger partial charge is 0.573 e. The van der Waals surface area contributed by atoms with Gasteiger partial charge in [0.15, 0.2) is 11.5 Å². The SMILES string of the molecule is COc1ccc(/C(O)=C2/C(=O)C(=O)N(c3ccc(OC(F)(F)F)cc3)C2c2ccccc2)cc1OC. The lowest BCUT2D eigenvalue weighted by molar-refractivity contribution is -0.274. The normalized spacial score (nSPS) is 17.2. The van der Waals surface area contributed by atoms with E-state index in [-0.39, 0.29) is 16.8 Å². The van der Waals surface area contributed by atoms with Crippen LogP contribution in [0.5, 0.6) is 17.2 Å². The molecule has 4 rings (SSSR count). The molecule has 0 radical (unpaired) electrons. The van der Waals surface area contributed by atoms with Crippen LogP contribution in [-0.4, -0.2) is 37.4 Å². The quantitative estimate of drug-likeness (QED) is 0.284. The monoisotopic (exact) mass is 499 g/mol. The maximum Gasteiger partial charge on any atom is 0.573 e. The van der Waals surface area contributed by atoms with Gasteiger partial charge in [-0.2, -0.15) is 0 Å². The van der Waals surface area contributed by atoms with Gasteiger partial charge >= 0.3 is 6.36 Å². The lowest BCUT2D eigenvalue weighted by atomic mass is 9.95. The van der Waals surface area contributed by atoms with E-state index in [0.29, 0.717) is 17.1 Å². The van der Waals surface area contributed by atoms with Gasteiger partial charge in [-0.05, 0) is 48.0 Å². The molecule has 10 heteroatoms. The summed E-state index contributed by atoms with van der Waals surface area (Å²) < 4.78 is 52.1. The maximum atomic E-state index is 13.2. The number of rotatable bonds is 6. The first-order chi connectivity index (χ1) is 17.1. The summed E-state index contributed by atoms with van der Waals surface area (Å²) in [5, 5.41) is 11.2. The van der Waals surface area contributed by atoms with Gasteiger partial charge in [-0.3, -0.25) is 14.5 Å². The van der Waals surface area contributed by atoms with E-state index in [1.165, 1.54) is 38.5 Å². The Morgan fingerprint density at radius 1 is 0.889 bits per heavy atom. The van der Waals surface area contributed by atoms with Crippen molar-refractivity contribution in [3.05, 3.63) is 89.5 Å². The van der Waals surface area contributed by atoms with E-state index >= 15 is 0 Å². The van der Waals surface area contributed by atoms with Crippen molar-refractivity contribution in [1.29, 1.82) is 0 Å². The molecule has 1 fully saturated rings. The van der Waals surface area contributed by atoms with E-state index in [2.05, 4.69) is 4.74 Å². The van der Waals surface area contributed by atoms with Crippen molar-refractivity contribution >= 4 is 23.1 Å². The van der Waals surface area contributed by atoms with Crippen molar-refractivity contribution in [2.75, 3.05) is 19.1 Å². The van der Waals surface area contributed by atoms with Crippen molar-refractivity contribution in [2.24, 2.45) is 0 Å². The number of carbonyl (C=O) groups excluding carboxylic acids is 2. The minimum absolute atomic E-state index is 0.145. The van der Waals surface area contributed by atoms with Crippen LogP contribution in [0.15, 0.2) is 78.4 Å². The zero-order chi connectivity index (χ0) is 26.0. The lowest BCUT2D eigenvalue weighted by Crippen LogP contribution is -2.29. The molecule has 3 aromatic rings. The molecule has 1 heterocycles. The number of ether oxygens (including phenoxy) is 3. The predicted octanol–water partition coefficient (Wildman–Crippen LogP) is 5.23. The Labute approximate surface area is 203 Å². The summed E-state index contributed by atoms with van der Waals surface area (Å²) in [5.74, 6) is -2.13. The highest BCUT2D eigenvalue weighted by Crippen LogP contribution is 2.43. The highest BCUT2D eigenvalue weighted by molar-refractivity contribution is 6.51. The summed E-state index contributed by atoms with van der Waals surface area (Å²) >= 11 is 0. The molecule has 0 aromatic heterocycles. The van der Waals surface area contributed by atoms with Crippen molar-refractivity contribution in [1.82, 2.24) is 0 Å². The average molecular weight is 499 g/mol. The Kier molecular flexibility index (Phi) is 6.61. The summed E-state index contributed by atoms with van der Waals surface area (Å²) in [6.45, 7) is 0. The third-order valence-corrected chi connectivity index (χ3v) is 5.57. The number of alkyl halides is 3. The van der Waals surface area contributed by atoms with Gasteiger partial charge in [-0.1, -0.05) is 30.3 Å². The predicted molar refractivity (Wildman–Crippen MR) is 124 cm³/mol. The van der Waals surface area contributed by atoms with Crippen LogP contribution >= 0.6 is 0 Å². The molecule has 1 amide bonds. The van der Waals surface area contributed by atoms with Crippen LogP contribution in [0.4, 0.5) is 18.9 Å². The molecule has 186 valence electrons.